The van der Waals surface area contributed by atoms with Crippen LogP contribution in [0.2, 0.25) is 0 Å². The van der Waals surface area contributed by atoms with Gasteiger partial charge in [0.1, 0.15) is 5.75 Å². The van der Waals surface area contributed by atoms with Crippen LogP contribution < -0.4 is 11.1 Å². The fraction of sp³-hybridized carbons (Fsp3) is 0.417. The molecule has 0 saturated heterocycles. The Bertz CT molecular complexity index is 483. The molecule has 18 heavy (non-hydrogen) atoms. The highest BCUT2D eigenvalue weighted by molar-refractivity contribution is 9.10. The Kier molecular flexibility index (Phi) is 4.92. The summed E-state index contributed by atoms with van der Waals surface area (Å²) in [5.41, 5.74) is 5.87. The maximum absolute atomic E-state index is 12.0. The highest BCUT2D eigenvalue weighted by Gasteiger charge is 2.17. The number of nitrogen functional groups attached to an aromatic ring is 1. The first-order valence-electron chi connectivity index (χ1n) is 5.43. The molecule has 1 aromatic rings. The molecule has 0 spiro atoms. The smallest absolute Gasteiger partial charge is 0.233 e. The van der Waals surface area contributed by atoms with Crippen molar-refractivity contribution in [1.82, 2.24) is 5.32 Å². The summed E-state index contributed by atoms with van der Waals surface area (Å²) in [6.45, 7) is 5.63. The van der Waals surface area contributed by atoms with Crippen LogP contribution in [-0.4, -0.2) is 21.4 Å². The van der Waals surface area contributed by atoms with Crippen molar-refractivity contribution in [2.24, 2.45) is 0 Å². The Balaban J connectivity index is 2.74. The highest BCUT2D eigenvalue weighted by atomic mass is 79.9. The number of hydrogen-bond donors (Lipinski definition) is 2. The van der Waals surface area contributed by atoms with Crippen molar-refractivity contribution in [3.63, 3.8) is 0 Å². The third kappa shape index (κ3) is 4.78. The lowest BCUT2D eigenvalue weighted by Gasteiger charge is -2.20. The van der Waals surface area contributed by atoms with Crippen LogP contribution in [0.5, 0.6) is 0 Å². The Morgan fingerprint density at radius 2 is 2.06 bits per heavy atom. The second kappa shape index (κ2) is 5.84. The summed E-state index contributed by atoms with van der Waals surface area (Å²) in [7, 11) is -1.43. The van der Waals surface area contributed by atoms with Gasteiger partial charge in [0, 0.05) is 15.7 Å². The van der Waals surface area contributed by atoms with Crippen molar-refractivity contribution >= 4 is 38.3 Å². The standard InChI is InChI=1S/C12H17BrN2O2S/c1-12(2,3)15-11(16)7-18(17)10-5-4-8(13)6-9(10)14/h4-6H,7,14H2,1-3H3,(H,15,16). The Morgan fingerprint density at radius 1 is 1.44 bits per heavy atom. The summed E-state index contributed by atoms with van der Waals surface area (Å²) in [6, 6.07) is 5.10. The van der Waals surface area contributed by atoms with E-state index in [0.29, 0.717) is 10.6 Å². The van der Waals surface area contributed by atoms with Crippen LogP contribution in [0.15, 0.2) is 27.6 Å². The van der Waals surface area contributed by atoms with Gasteiger partial charge in [-0.3, -0.25) is 9.00 Å². The van der Waals surface area contributed by atoms with Crippen molar-refractivity contribution in [1.29, 1.82) is 0 Å². The Labute approximate surface area is 118 Å². The van der Waals surface area contributed by atoms with Crippen LogP contribution in [-0.2, 0) is 15.6 Å². The molecule has 1 amide bonds. The van der Waals surface area contributed by atoms with E-state index in [0.717, 1.165) is 4.47 Å². The maximum Gasteiger partial charge on any atom is 0.233 e. The molecule has 100 valence electrons. The molecule has 0 bridgehead atoms. The van der Waals surface area contributed by atoms with Crippen molar-refractivity contribution in [3.05, 3.63) is 22.7 Å². The molecule has 0 aliphatic rings. The summed E-state index contributed by atoms with van der Waals surface area (Å²) >= 11 is 3.28. The second-order valence-electron chi connectivity index (χ2n) is 4.97. The van der Waals surface area contributed by atoms with Crippen molar-refractivity contribution in [2.75, 3.05) is 11.5 Å². The zero-order valence-electron chi connectivity index (χ0n) is 10.6. The quantitative estimate of drug-likeness (QED) is 0.832. The third-order valence-corrected chi connectivity index (χ3v) is 3.87. The molecule has 0 radical (unpaired) electrons. The van der Waals surface area contributed by atoms with Crippen LogP contribution in [0.25, 0.3) is 0 Å². The largest absolute Gasteiger partial charge is 0.398 e. The molecule has 1 rings (SSSR count). The van der Waals surface area contributed by atoms with Gasteiger partial charge in [-0.25, -0.2) is 0 Å². The lowest BCUT2D eigenvalue weighted by molar-refractivity contribution is -0.119. The Morgan fingerprint density at radius 3 is 2.56 bits per heavy atom. The molecule has 0 aliphatic heterocycles. The monoisotopic (exact) mass is 332 g/mol. The lowest BCUT2D eigenvalue weighted by Crippen LogP contribution is -2.42. The number of nitrogens with one attached hydrogen (secondary N) is 1. The number of carbonyl (C=O) groups is 1. The molecule has 4 nitrogen and oxygen atoms in total. The molecule has 0 aliphatic carbocycles. The number of carbonyl (C=O) groups excluding carboxylic acids is 1. The van der Waals surface area contributed by atoms with Crippen LogP contribution in [0.4, 0.5) is 5.69 Å². The number of nitrogens with two attached hydrogens (primary N) is 1. The van der Waals surface area contributed by atoms with Crippen molar-refractivity contribution < 1.29 is 9.00 Å². The van der Waals surface area contributed by atoms with E-state index in [1.54, 1.807) is 18.2 Å². The van der Waals surface area contributed by atoms with E-state index < -0.39 is 10.8 Å². The number of amides is 1. The summed E-state index contributed by atoms with van der Waals surface area (Å²) < 4.78 is 12.8. The fourth-order valence-electron chi connectivity index (χ4n) is 1.38. The Hall–Kier alpha value is -0.880. The first kappa shape index (κ1) is 15.2. The highest BCUT2D eigenvalue weighted by Crippen LogP contribution is 2.21. The summed E-state index contributed by atoms with van der Waals surface area (Å²) in [6.07, 6.45) is 0. The van der Waals surface area contributed by atoms with Crippen LogP contribution in [0.3, 0.4) is 0 Å². The molecule has 1 unspecified atom stereocenters. The number of hydrogen-bond acceptors (Lipinski definition) is 3. The molecule has 0 heterocycles. The van der Waals surface area contributed by atoms with Crippen molar-refractivity contribution in [3.8, 4) is 0 Å². The average molecular weight is 333 g/mol. The van der Waals surface area contributed by atoms with E-state index in [1.807, 2.05) is 20.8 Å². The van der Waals surface area contributed by atoms with Crippen LogP contribution in [0.1, 0.15) is 20.8 Å². The average Bonchev–Trinajstić information content (AvgIpc) is 2.13. The minimum absolute atomic E-state index is 0.0803. The van der Waals surface area contributed by atoms with Gasteiger partial charge in [-0.05, 0) is 39.0 Å². The topological polar surface area (TPSA) is 72.2 Å². The summed E-state index contributed by atoms with van der Waals surface area (Å²) in [4.78, 5) is 12.2. The van der Waals surface area contributed by atoms with Gasteiger partial charge in [0.25, 0.3) is 0 Å². The summed E-state index contributed by atoms with van der Waals surface area (Å²) in [5.74, 6) is -0.327. The lowest BCUT2D eigenvalue weighted by atomic mass is 10.1. The predicted molar refractivity (Wildman–Crippen MR) is 77.7 cm³/mol. The first-order valence-corrected chi connectivity index (χ1v) is 7.54. The van der Waals surface area contributed by atoms with Crippen molar-refractivity contribution in [2.45, 2.75) is 31.2 Å². The van der Waals surface area contributed by atoms with Crippen LogP contribution >= 0.6 is 15.9 Å². The van der Waals surface area contributed by atoms with Gasteiger partial charge in [0.2, 0.25) is 5.91 Å². The van der Waals surface area contributed by atoms with Gasteiger partial charge in [0.05, 0.1) is 15.7 Å². The SMILES string of the molecule is CC(C)(C)NC(=O)CS(=O)c1ccc(Br)cc1N. The van der Waals surface area contributed by atoms with E-state index in [1.165, 1.54) is 0 Å². The second-order valence-corrected chi connectivity index (χ2v) is 7.31. The van der Waals surface area contributed by atoms with Gasteiger partial charge >= 0.3 is 0 Å². The molecular weight excluding hydrogens is 316 g/mol. The minimum atomic E-state index is -1.43. The molecule has 1 aromatic carbocycles. The molecule has 6 heteroatoms. The predicted octanol–water partition coefficient (Wildman–Crippen LogP) is 2.05. The van der Waals surface area contributed by atoms with Crippen LogP contribution in [0, 0.1) is 0 Å². The third-order valence-electron chi connectivity index (χ3n) is 1.99. The normalized spacial score (nSPS) is 13.1. The van der Waals surface area contributed by atoms with E-state index in [2.05, 4.69) is 21.2 Å². The molecule has 3 N–H and O–H groups in total. The maximum atomic E-state index is 12.0. The van der Waals surface area contributed by atoms with Gasteiger partial charge in [-0.1, -0.05) is 15.9 Å². The number of halogens is 1. The van der Waals surface area contributed by atoms with E-state index >= 15 is 0 Å². The molecule has 1 atom stereocenters. The number of rotatable bonds is 3. The minimum Gasteiger partial charge on any atom is -0.398 e. The van der Waals surface area contributed by atoms with Gasteiger partial charge < -0.3 is 11.1 Å². The van der Waals surface area contributed by atoms with Gasteiger partial charge in [0.15, 0.2) is 0 Å². The molecular formula is C12H17BrN2O2S. The zero-order valence-corrected chi connectivity index (χ0v) is 13.0. The summed E-state index contributed by atoms with van der Waals surface area (Å²) in [5, 5.41) is 2.77. The molecule has 0 saturated carbocycles. The molecule has 0 aromatic heterocycles. The number of anilines is 1. The fourth-order valence-corrected chi connectivity index (χ4v) is 2.76. The first-order chi connectivity index (χ1) is 8.19. The van der Waals surface area contributed by atoms with Gasteiger partial charge in [-0.2, -0.15) is 0 Å². The van der Waals surface area contributed by atoms with E-state index in [4.69, 9.17) is 5.73 Å². The van der Waals surface area contributed by atoms with E-state index in [9.17, 15) is 9.00 Å². The van der Waals surface area contributed by atoms with E-state index in [-0.39, 0.29) is 17.2 Å². The number of benzene rings is 1. The zero-order chi connectivity index (χ0) is 13.9. The van der Waals surface area contributed by atoms with Gasteiger partial charge in [-0.15, -0.1) is 0 Å². The molecule has 0 fully saturated rings.